The number of hydrogen-bond acceptors (Lipinski definition) is 6. The van der Waals surface area contributed by atoms with Gasteiger partial charge in [0, 0.05) is 25.1 Å². The lowest BCUT2D eigenvalue weighted by atomic mass is 10.1. The van der Waals surface area contributed by atoms with Gasteiger partial charge < -0.3 is 9.30 Å². The minimum atomic E-state index is 0.246. The summed E-state index contributed by atoms with van der Waals surface area (Å²) < 4.78 is 8.15. The van der Waals surface area contributed by atoms with Crippen LogP contribution < -0.4 is 0 Å². The first kappa shape index (κ1) is 21.0. The minimum Gasteiger partial charge on any atom is -0.376 e. The van der Waals surface area contributed by atoms with Crippen LogP contribution in [0.5, 0.6) is 0 Å². The molecule has 3 heterocycles. The number of ether oxygens (including phenoxy) is 1. The van der Waals surface area contributed by atoms with Crippen molar-refractivity contribution in [2.75, 3.05) is 13.7 Å². The Morgan fingerprint density at radius 2 is 2.10 bits per heavy atom. The zero-order chi connectivity index (χ0) is 20.8. The highest BCUT2D eigenvalue weighted by Gasteiger charge is 2.21. The molecule has 0 spiro atoms. The highest BCUT2D eigenvalue weighted by molar-refractivity contribution is 7.98. The molecule has 0 amide bonds. The van der Waals surface area contributed by atoms with Crippen LogP contribution in [0.1, 0.15) is 35.5 Å². The summed E-state index contributed by atoms with van der Waals surface area (Å²) in [6, 6.07) is 14.7. The molecule has 158 valence electrons. The average molecular weight is 424 g/mol. The number of benzene rings is 1. The van der Waals surface area contributed by atoms with E-state index in [1.54, 1.807) is 11.8 Å². The van der Waals surface area contributed by atoms with Gasteiger partial charge in [-0.25, -0.2) is 0 Å². The lowest BCUT2D eigenvalue weighted by Gasteiger charge is -2.19. The van der Waals surface area contributed by atoms with E-state index in [-0.39, 0.29) is 6.10 Å². The van der Waals surface area contributed by atoms with Crippen molar-refractivity contribution in [1.29, 1.82) is 0 Å². The summed E-state index contributed by atoms with van der Waals surface area (Å²) in [6.45, 7) is 5.42. The Hall–Kier alpha value is -2.22. The summed E-state index contributed by atoms with van der Waals surface area (Å²) >= 11 is 1.69. The topological polar surface area (TPSA) is 56.1 Å². The Morgan fingerprint density at radius 3 is 2.87 bits per heavy atom. The summed E-state index contributed by atoms with van der Waals surface area (Å²) in [4.78, 5) is 6.71. The highest BCUT2D eigenvalue weighted by Crippen LogP contribution is 2.24. The molecule has 1 aliphatic rings. The Balaban J connectivity index is 1.47. The van der Waals surface area contributed by atoms with Gasteiger partial charge in [-0.05, 0) is 44.5 Å². The molecule has 7 heteroatoms. The standard InChI is InChI=1S/C23H29N5OS/c1-18-7-5-8-19(13-18)14-27(2)16-22-25-26-23(28(22)15-21-10-6-12-29-21)30-17-20-9-3-4-11-24-20/h3-5,7-9,11,13,21H,6,10,12,14-17H2,1-2H3. The Morgan fingerprint density at radius 1 is 1.17 bits per heavy atom. The second-order valence-corrected chi connectivity index (χ2v) is 8.86. The van der Waals surface area contributed by atoms with E-state index in [0.29, 0.717) is 0 Å². The minimum absolute atomic E-state index is 0.246. The molecule has 1 fully saturated rings. The summed E-state index contributed by atoms with van der Waals surface area (Å²) in [6.07, 6.45) is 4.31. The van der Waals surface area contributed by atoms with Crippen LogP contribution in [-0.4, -0.2) is 44.4 Å². The van der Waals surface area contributed by atoms with E-state index in [0.717, 1.165) is 61.5 Å². The quantitative estimate of drug-likeness (QED) is 0.483. The normalized spacial score (nSPS) is 16.4. The second-order valence-electron chi connectivity index (χ2n) is 7.92. The van der Waals surface area contributed by atoms with Crippen molar-refractivity contribution in [3.05, 3.63) is 71.3 Å². The van der Waals surface area contributed by atoms with Gasteiger partial charge in [0.05, 0.1) is 24.9 Å². The number of nitrogens with zero attached hydrogens (tertiary/aromatic N) is 5. The molecule has 1 unspecified atom stereocenters. The molecule has 6 nitrogen and oxygen atoms in total. The van der Waals surface area contributed by atoms with Gasteiger partial charge in [0.2, 0.25) is 0 Å². The van der Waals surface area contributed by atoms with Crippen LogP contribution in [0.4, 0.5) is 0 Å². The molecule has 4 rings (SSSR count). The molecule has 3 aromatic rings. The largest absolute Gasteiger partial charge is 0.376 e. The molecular weight excluding hydrogens is 394 g/mol. The van der Waals surface area contributed by atoms with Crippen molar-refractivity contribution >= 4 is 11.8 Å². The monoisotopic (exact) mass is 423 g/mol. The first-order valence-corrected chi connectivity index (χ1v) is 11.5. The third-order valence-electron chi connectivity index (χ3n) is 5.23. The molecule has 1 aliphatic heterocycles. The number of aryl methyl sites for hydroxylation is 1. The average Bonchev–Trinajstić information content (AvgIpc) is 3.38. The number of hydrogen-bond donors (Lipinski definition) is 0. The maximum Gasteiger partial charge on any atom is 0.191 e. The van der Waals surface area contributed by atoms with Crippen LogP contribution in [0.15, 0.2) is 53.8 Å². The van der Waals surface area contributed by atoms with Gasteiger partial charge in [-0.1, -0.05) is 47.7 Å². The smallest absolute Gasteiger partial charge is 0.191 e. The molecule has 0 N–H and O–H groups in total. The molecule has 0 aliphatic carbocycles. The Labute approximate surface area is 182 Å². The summed E-state index contributed by atoms with van der Waals surface area (Å²) in [7, 11) is 2.13. The predicted molar refractivity (Wildman–Crippen MR) is 119 cm³/mol. The molecule has 1 saturated heterocycles. The van der Waals surface area contributed by atoms with E-state index in [1.807, 2.05) is 24.4 Å². The van der Waals surface area contributed by atoms with Crippen molar-refractivity contribution < 1.29 is 4.74 Å². The van der Waals surface area contributed by atoms with Crippen molar-refractivity contribution in [3.8, 4) is 0 Å². The Bertz CT molecular complexity index is 940. The van der Waals surface area contributed by atoms with Crippen molar-refractivity contribution in [2.45, 2.75) is 56.4 Å². The van der Waals surface area contributed by atoms with Crippen molar-refractivity contribution in [3.63, 3.8) is 0 Å². The zero-order valence-electron chi connectivity index (χ0n) is 17.7. The molecule has 0 bridgehead atoms. The number of thioether (sulfide) groups is 1. The van der Waals surface area contributed by atoms with Crippen molar-refractivity contribution in [2.24, 2.45) is 0 Å². The summed E-state index contributed by atoms with van der Waals surface area (Å²) in [5.74, 6) is 1.77. The van der Waals surface area contributed by atoms with E-state index < -0.39 is 0 Å². The van der Waals surface area contributed by atoms with E-state index in [2.05, 4.69) is 62.9 Å². The lowest BCUT2D eigenvalue weighted by molar-refractivity contribution is 0.0934. The van der Waals surface area contributed by atoms with Gasteiger partial charge in [0.1, 0.15) is 5.82 Å². The van der Waals surface area contributed by atoms with E-state index in [9.17, 15) is 0 Å². The van der Waals surface area contributed by atoms with Crippen LogP contribution in [0, 0.1) is 6.92 Å². The number of rotatable bonds is 9. The molecule has 0 radical (unpaired) electrons. The van der Waals surface area contributed by atoms with Gasteiger partial charge in [-0.2, -0.15) is 0 Å². The maximum atomic E-state index is 5.90. The highest BCUT2D eigenvalue weighted by atomic mass is 32.2. The van der Waals surface area contributed by atoms with Gasteiger partial charge in [-0.3, -0.25) is 9.88 Å². The lowest BCUT2D eigenvalue weighted by Crippen LogP contribution is -2.23. The van der Waals surface area contributed by atoms with E-state index >= 15 is 0 Å². The summed E-state index contributed by atoms with van der Waals surface area (Å²) in [5.41, 5.74) is 3.65. The Kier molecular flexibility index (Phi) is 7.15. The first-order chi connectivity index (χ1) is 14.7. The van der Waals surface area contributed by atoms with E-state index in [4.69, 9.17) is 4.74 Å². The van der Waals surface area contributed by atoms with E-state index in [1.165, 1.54) is 11.1 Å². The molecule has 2 aromatic heterocycles. The molecule has 30 heavy (non-hydrogen) atoms. The number of pyridine rings is 1. The van der Waals surface area contributed by atoms with Crippen LogP contribution in [-0.2, 0) is 30.1 Å². The molecule has 0 saturated carbocycles. The van der Waals surface area contributed by atoms with Gasteiger partial charge >= 0.3 is 0 Å². The first-order valence-electron chi connectivity index (χ1n) is 10.5. The maximum absolute atomic E-state index is 5.90. The third kappa shape index (κ3) is 5.68. The molecule has 1 atom stereocenters. The third-order valence-corrected chi connectivity index (χ3v) is 6.23. The van der Waals surface area contributed by atoms with Gasteiger partial charge in [-0.15, -0.1) is 10.2 Å². The summed E-state index contributed by atoms with van der Waals surface area (Å²) in [5, 5.41) is 10.00. The van der Waals surface area contributed by atoms with Crippen molar-refractivity contribution in [1.82, 2.24) is 24.6 Å². The number of aromatic nitrogens is 4. The van der Waals surface area contributed by atoms with Crippen LogP contribution in [0.3, 0.4) is 0 Å². The fourth-order valence-electron chi connectivity index (χ4n) is 3.76. The molecular formula is C23H29N5OS. The van der Waals surface area contributed by atoms with Crippen LogP contribution in [0.25, 0.3) is 0 Å². The SMILES string of the molecule is Cc1cccc(CN(C)Cc2nnc(SCc3ccccn3)n2CC2CCCO2)c1. The second kappa shape index (κ2) is 10.2. The fraction of sp³-hybridized carbons (Fsp3) is 0.435. The van der Waals surface area contributed by atoms with Crippen LogP contribution >= 0.6 is 11.8 Å². The zero-order valence-corrected chi connectivity index (χ0v) is 18.5. The van der Waals surface area contributed by atoms with Gasteiger partial charge in [0.25, 0.3) is 0 Å². The fourth-order valence-corrected chi connectivity index (χ4v) is 4.64. The van der Waals surface area contributed by atoms with Gasteiger partial charge in [0.15, 0.2) is 5.16 Å². The predicted octanol–water partition coefficient (Wildman–Crippen LogP) is 4.08. The van der Waals surface area contributed by atoms with Crippen LogP contribution in [0.2, 0.25) is 0 Å². The molecule has 1 aromatic carbocycles.